The van der Waals surface area contributed by atoms with Gasteiger partial charge < -0.3 is 10.2 Å². The van der Waals surface area contributed by atoms with Crippen LogP contribution in [0.2, 0.25) is 0 Å². The minimum Gasteiger partial charge on any atom is -0.372 e. The molecule has 0 unspecified atom stereocenters. The van der Waals surface area contributed by atoms with E-state index in [1.807, 2.05) is 4.90 Å². The van der Waals surface area contributed by atoms with Crippen LogP contribution in [0.3, 0.4) is 0 Å². The number of hydrogen-bond donors (Lipinski definition) is 1. The highest BCUT2D eigenvalue weighted by Crippen LogP contribution is 2.16. The van der Waals surface area contributed by atoms with Gasteiger partial charge in [0.2, 0.25) is 0 Å². The Balaban J connectivity index is 1.74. The third-order valence-corrected chi connectivity index (χ3v) is 3.85. The van der Waals surface area contributed by atoms with Gasteiger partial charge in [-0.15, -0.1) is 10.2 Å². The number of anilines is 1. The van der Waals surface area contributed by atoms with Gasteiger partial charge >= 0.3 is 0 Å². The largest absolute Gasteiger partial charge is 0.372 e. The minimum atomic E-state index is -0.0436. The zero-order chi connectivity index (χ0) is 14.7. The number of aromatic nitrogens is 2. The molecule has 1 aliphatic heterocycles. The summed E-state index contributed by atoms with van der Waals surface area (Å²) in [5.41, 5.74) is 3.08. The SMILES string of the molecule is CNc1ccc(C(=O)N2CCc3ccccc3CC2)nn1. The standard InChI is InChI=1S/C16H18N4O/c1-17-15-7-6-14(18-19-15)16(21)20-10-8-12-4-2-3-5-13(12)9-11-20/h2-7H,8-11H2,1H3,(H,17,19). The Bertz CT molecular complexity index is 612. The van der Waals surface area contributed by atoms with Crippen molar-refractivity contribution < 1.29 is 4.79 Å². The predicted molar refractivity (Wildman–Crippen MR) is 81.3 cm³/mol. The Morgan fingerprint density at radius 1 is 1.05 bits per heavy atom. The number of carbonyl (C=O) groups excluding carboxylic acids is 1. The molecule has 5 nitrogen and oxygen atoms in total. The highest BCUT2D eigenvalue weighted by atomic mass is 16.2. The van der Waals surface area contributed by atoms with E-state index in [0.717, 1.165) is 25.9 Å². The fraction of sp³-hybridized carbons (Fsp3) is 0.312. The van der Waals surface area contributed by atoms with Gasteiger partial charge in [-0.1, -0.05) is 24.3 Å². The first kappa shape index (κ1) is 13.5. The van der Waals surface area contributed by atoms with E-state index in [1.54, 1.807) is 19.2 Å². The molecule has 0 saturated carbocycles. The van der Waals surface area contributed by atoms with E-state index in [-0.39, 0.29) is 5.91 Å². The number of amides is 1. The lowest BCUT2D eigenvalue weighted by atomic mass is 10.0. The fourth-order valence-corrected chi connectivity index (χ4v) is 2.61. The molecule has 0 bridgehead atoms. The topological polar surface area (TPSA) is 58.1 Å². The summed E-state index contributed by atoms with van der Waals surface area (Å²) in [5.74, 6) is 0.618. The second-order valence-electron chi connectivity index (χ2n) is 5.11. The van der Waals surface area contributed by atoms with Crippen molar-refractivity contribution in [1.29, 1.82) is 0 Å². The highest BCUT2D eigenvalue weighted by molar-refractivity contribution is 5.92. The summed E-state index contributed by atoms with van der Waals surface area (Å²) in [6, 6.07) is 11.9. The van der Waals surface area contributed by atoms with Gasteiger partial charge in [-0.05, 0) is 36.1 Å². The molecule has 0 spiro atoms. The van der Waals surface area contributed by atoms with Crippen molar-refractivity contribution in [3.8, 4) is 0 Å². The van der Waals surface area contributed by atoms with Crippen molar-refractivity contribution in [2.75, 3.05) is 25.5 Å². The Morgan fingerprint density at radius 2 is 1.71 bits per heavy atom. The average molecular weight is 282 g/mol. The summed E-state index contributed by atoms with van der Waals surface area (Å²) in [6.45, 7) is 1.45. The zero-order valence-electron chi connectivity index (χ0n) is 12.0. The average Bonchev–Trinajstić information content (AvgIpc) is 2.77. The smallest absolute Gasteiger partial charge is 0.274 e. The molecule has 1 amide bonds. The fourth-order valence-electron chi connectivity index (χ4n) is 2.61. The molecule has 21 heavy (non-hydrogen) atoms. The van der Waals surface area contributed by atoms with Crippen molar-refractivity contribution in [2.45, 2.75) is 12.8 Å². The molecule has 0 atom stereocenters. The van der Waals surface area contributed by atoms with Gasteiger partial charge in [0.05, 0.1) is 0 Å². The molecule has 0 radical (unpaired) electrons. The Labute approximate surface area is 124 Å². The summed E-state index contributed by atoms with van der Waals surface area (Å²) >= 11 is 0. The maximum atomic E-state index is 12.5. The molecular weight excluding hydrogens is 264 g/mol. The van der Waals surface area contributed by atoms with Gasteiger partial charge in [0, 0.05) is 20.1 Å². The van der Waals surface area contributed by atoms with Crippen LogP contribution in [0.5, 0.6) is 0 Å². The second-order valence-corrected chi connectivity index (χ2v) is 5.11. The lowest BCUT2D eigenvalue weighted by Crippen LogP contribution is -2.34. The Morgan fingerprint density at radius 3 is 2.24 bits per heavy atom. The molecule has 2 aromatic rings. The molecule has 0 fully saturated rings. The lowest BCUT2D eigenvalue weighted by Gasteiger charge is -2.19. The number of nitrogens with zero attached hydrogens (tertiary/aromatic N) is 3. The molecular formula is C16H18N4O. The van der Waals surface area contributed by atoms with Crippen molar-refractivity contribution in [3.05, 3.63) is 53.2 Å². The number of hydrogen-bond acceptors (Lipinski definition) is 4. The van der Waals surface area contributed by atoms with Gasteiger partial charge in [-0.2, -0.15) is 0 Å². The number of carbonyl (C=O) groups is 1. The van der Waals surface area contributed by atoms with Crippen molar-refractivity contribution in [2.24, 2.45) is 0 Å². The van der Waals surface area contributed by atoms with E-state index in [0.29, 0.717) is 11.5 Å². The lowest BCUT2D eigenvalue weighted by molar-refractivity contribution is 0.0756. The van der Waals surface area contributed by atoms with Crippen LogP contribution in [-0.2, 0) is 12.8 Å². The number of fused-ring (bicyclic) bond motifs is 1. The number of benzene rings is 1. The quantitative estimate of drug-likeness (QED) is 0.912. The Hall–Kier alpha value is -2.43. The van der Waals surface area contributed by atoms with Crippen LogP contribution in [0.15, 0.2) is 36.4 Å². The van der Waals surface area contributed by atoms with Gasteiger partial charge in [0.1, 0.15) is 5.82 Å². The maximum absolute atomic E-state index is 12.5. The minimum absolute atomic E-state index is 0.0436. The van der Waals surface area contributed by atoms with Gasteiger partial charge in [-0.3, -0.25) is 4.79 Å². The van der Waals surface area contributed by atoms with Crippen LogP contribution in [0.1, 0.15) is 21.6 Å². The molecule has 1 aromatic heterocycles. The van der Waals surface area contributed by atoms with Crippen molar-refractivity contribution in [1.82, 2.24) is 15.1 Å². The molecule has 5 heteroatoms. The van der Waals surface area contributed by atoms with Crippen LogP contribution < -0.4 is 5.32 Å². The molecule has 2 heterocycles. The van der Waals surface area contributed by atoms with Crippen LogP contribution in [0.4, 0.5) is 5.82 Å². The molecule has 1 aliphatic rings. The van der Waals surface area contributed by atoms with Crippen LogP contribution in [0.25, 0.3) is 0 Å². The van der Waals surface area contributed by atoms with Crippen LogP contribution >= 0.6 is 0 Å². The number of nitrogens with one attached hydrogen (secondary N) is 1. The van der Waals surface area contributed by atoms with Gasteiger partial charge in [0.15, 0.2) is 5.69 Å². The molecule has 0 saturated heterocycles. The second kappa shape index (κ2) is 5.91. The van der Waals surface area contributed by atoms with Crippen molar-refractivity contribution >= 4 is 11.7 Å². The van der Waals surface area contributed by atoms with E-state index in [4.69, 9.17) is 0 Å². The monoisotopic (exact) mass is 282 g/mol. The van der Waals surface area contributed by atoms with Gasteiger partial charge in [0.25, 0.3) is 5.91 Å². The number of rotatable bonds is 2. The van der Waals surface area contributed by atoms with Crippen molar-refractivity contribution in [3.63, 3.8) is 0 Å². The predicted octanol–water partition coefficient (Wildman–Crippen LogP) is 1.76. The summed E-state index contributed by atoms with van der Waals surface area (Å²) < 4.78 is 0. The summed E-state index contributed by atoms with van der Waals surface area (Å²) in [5, 5.41) is 10.9. The van der Waals surface area contributed by atoms with E-state index < -0.39 is 0 Å². The third-order valence-electron chi connectivity index (χ3n) is 3.85. The van der Waals surface area contributed by atoms with Gasteiger partial charge in [-0.25, -0.2) is 0 Å². The van der Waals surface area contributed by atoms with E-state index in [1.165, 1.54) is 11.1 Å². The summed E-state index contributed by atoms with van der Waals surface area (Å²) in [4.78, 5) is 14.4. The molecule has 3 rings (SSSR count). The first-order valence-electron chi connectivity index (χ1n) is 7.15. The third kappa shape index (κ3) is 2.86. The Kier molecular flexibility index (Phi) is 3.81. The molecule has 1 N–H and O–H groups in total. The zero-order valence-corrected chi connectivity index (χ0v) is 12.0. The van der Waals surface area contributed by atoms with Crippen LogP contribution in [0, 0.1) is 0 Å². The first-order valence-corrected chi connectivity index (χ1v) is 7.15. The summed E-state index contributed by atoms with van der Waals surface area (Å²) in [6.07, 6.45) is 1.79. The summed E-state index contributed by atoms with van der Waals surface area (Å²) in [7, 11) is 1.78. The first-order chi connectivity index (χ1) is 10.3. The van der Waals surface area contributed by atoms with Crippen LogP contribution in [-0.4, -0.2) is 41.1 Å². The van der Waals surface area contributed by atoms with E-state index in [9.17, 15) is 4.79 Å². The maximum Gasteiger partial charge on any atom is 0.274 e. The molecule has 0 aliphatic carbocycles. The highest BCUT2D eigenvalue weighted by Gasteiger charge is 2.20. The van der Waals surface area contributed by atoms with E-state index >= 15 is 0 Å². The van der Waals surface area contributed by atoms with E-state index in [2.05, 4.69) is 39.8 Å². The normalized spacial score (nSPS) is 14.2. The molecule has 108 valence electrons. The molecule has 1 aromatic carbocycles.